The van der Waals surface area contributed by atoms with Crippen LogP contribution in [0.2, 0.25) is 0 Å². The summed E-state index contributed by atoms with van der Waals surface area (Å²) in [6, 6.07) is 14.4. The second kappa shape index (κ2) is 5.29. The number of para-hydroxylation sites is 1. The molecule has 102 valence electrons. The standard InChI is InChI=1S/C16H13BrFNO/c1-10(19-14-9-12(18)6-7-13(14)17)16-8-11-4-2-3-5-15(11)20-16/h2-10,19H,1H3. The molecule has 3 aromatic rings. The maximum atomic E-state index is 13.3. The first-order chi connectivity index (χ1) is 9.63. The van der Waals surface area contributed by atoms with Gasteiger partial charge in [0.1, 0.15) is 17.2 Å². The van der Waals surface area contributed by atoms with Gasteiger partial charge in [-0.05, 0) is 53.2 Å². The Bertz CT molecular complexity index is 720. The van der Waals surface area contributed by atoms with Crippen LogP contribution in [0.3, 0.4) is 0 Å². The summed E-state index contributed by atoms with van der Waals surface area (Å²) >= 11 is 3.41. The molecule has 0 saturated heterocycles. The number of hydrogen-bond donors (Lipinski definition) is 1. The number of halogens is 2. The zero-order chi connectivity index (χ0) is 14.1. The van der Waals surface area contributed by atoms with Crippen molar-refractivity contribution >= 4 is 32.6 Å². The fraction of sp³-hybridized carbons (Fsp3) is 0.125. The minimum Gasteiger partial charge on any atom is -0.459 e. The molecule has 0 amide bonds. The highest BCUT2D eigenvalue weighted by molar-refractivity contribution is 9.10. The van der Waals surface area contributed by atoms with Crippen molar-refractivity contribution in [1.29, 1.82) is 0 Å². The van der Waals surface area contributed by atoms with Crippen LogP contribution in [-0.2, 0) is 0 Å². The van der Waals surface area contributed by atoms with Crippen molar-refractivity contribution in [2.75, 3.05) is 5.32 Å². The van der Waals surface area contributed by atoms with Gasteiger partial charge in [-0.3, -0.25) is 0 Å². The summed E-state index contributed by atoms with van der Waals surface area (Å²) in [5.41, 5.74) is 1.56. The average Bonchev–Trinajstić information content (AvgIpc) is 2.87. The zero-order valence-electron chi connectivity index (χ0n) is 10.9. The molecule has 1 unspecified atom stereocenters. The predicted molar refractivity (Wildman–Crippen MR) is 82.4 cm³/mol. The Morgan fingerprint density at radius 3 is 2.75 bits per heavy atom. The van der Waals surface area contributed by atoms with Crippen molar-refractivity contribution in [3.05, 3.63) is 64.6 Å². The lowest BCUT2D eigenvalue weighted by atomic mass is 10.2. The van der Waals surface area contributed by atoms with Crippen molar-refractivity contribution in [2.45, 2.75) is 13.0 Å². The molecule has 0 bridgehead atoms. The summed E-state index contributed by atoms with van der Waals surface area (Å²) < 4.78 is 19.9. The van der Waals surface area contributed by atoms with E-state index in [4.69, 9.17) is 4.42 Å². The van der Waals surface area contributed by atoms with Gasteiger partial charge in [0.05, 0.1) is 11.7 Å². The molecular weight excluding hydrogens is 321 g/mol. The molecule has 0 aliphatic carbocycles. The highest BCUT2D eigenvalue weighted by atomic mass is 79.9. The largest absolute Gasteiger partial charge is 0.459 e. The van der Waals surface area contributed by atoms with E-state index in [1.165, 1.54) is 12.1 Å². The molecule has 0 aliphatic heterocycles. The number of anilines is 1. The average molecular weight is 334 g/mol. The number of rotatable bonds is 3. The van der Waals surface area contributed by atoms with Crippen LogP contribution < -0.4 is 5.32 Å². The molecule has 2 nitrogen and oxygen atoms in total. The third kappa shape index (κ3) is 2.56. The maximum absolute atomic E-state index is 13.3. The van der Waals surface area contributed by atoms with Crippen LogP contribution >= 0.6 is 15.9 Å². The molecular formula is C16H13BrFNO. The van der Waals surface area contributed by atoms with E-state index < -0.39 is 0 Å². The molecule has 0 radical (unpaired) electrons. The molecule has 1 aromatic heterocycles. The first kappa shape index (κ1) is 13.2. The third-order valence-electron chi connectivity index (χ3n) is 3.17. The molecule has 0 saturated carbocycles. The minimum atomic E-state index is -0.271. The Morgan fingerprint density at radius 2 is 1.95 bits per heavy atom. The lowest BCUT2D eigenvalue weighted by molar-refractivity contribution is 0.526. The van der Waals surface area contributed by atoms with Crippen molar-refractivity contribution in [1.82, 2.24) is 0 Å². The van der Waals surface area contributed by atoms with Gasteiger partial charge in [0.15, 0.2) is 0 Å². The number of fused-ring (bicyclic) bond motifs is 1. The molecule has 20 heavy (non-hydrogen) atoms. The fourth-order valence-electron chi connectivity index (χ4n) is 2.13. The van der Waals surface area contributed by atoms with Gasteiger partial charge in [0.2, 0.25) is 0 Å². The Labute approximate surface area is 124 Å². The van der Waals surface area contributed by atoms with Gasteiger partial charge in [0.25, 0.3) is 0 Å². The van der Waals surface area contributed by atoms with Gasteiger partial charge in [-0.2, -0.15) is 0 Å². The first-order valence-electron chi connectivity index (χ1n) is 6.33. The predicted octanol–water partition coefficient (Wildman–Crippen LogP) is 5.51. The van der Waals surface area contributed by atoms with Gasteiger partial charge in [-0.1, -0.05) is 18.2 Å². The van der Waals surface area contributed by atoms with E-state index >= 15 is 0 Å². The number of nitrogens with one attached hydrogen (secondary N) is 1. The fourth-order valence-corrected chi connectivity index (χ4v) is 2.49. The SMILES string of the molecule is CC(Nc1cc(F)ccc1Br)c1cc2ccccc2o1. The monoisotopic (exact) mass is 333 g/mol. The summed E-state index contributed by atoms with van der Waals surface area (Å²) in [5, 5.41) is 4.31. The van der Waals surface area contributed by atoms with Crippen molar-refractivity contribution in [3.63, 3.8) is 0 Å². The highest BCUT2D eigenvalue weighted by Crippen LogP contribution is 2.29. The lowest BCUT2D eigenvalue weighted by Crippen LogP contribution is -2.06. The number of hydrogen-bond acceptors (Lipinski definition) is 2. The van der Waals surface area contributed by atoms with E-state index in [9.17, 15) is 4.39 Å². The summed E-state index contributed by atoms with van der Waals surface area (Å²) in [6.07, 6.45) is 0. The van der Waals surface area contributed by atoms with Crippen LogP contribution in [0, 0.1) is 5.82 Å². The van der Waals surface area contributed by atoms with E-state index in [1.807, 2.05) is 37.3 Å². The minimum absolute atomic E-state index is 0.0551. The number of benzene rings is 2. The summed E-state index contributed by atoms with van der Waals surface area (Å²) in [7, 11) is 0. The summed E-state index contributed by atoms with van der Waals surface area (Å²) in [5.74, 6) is 0.551. The second-order valence-electron chi connectivity index (χ2n) is 4.68. The van der Waals surface area contributed by atoms with Gasteiger partial charge >= 0.3 is 0 Å². The van der Waals surface area contributed by atoms with E-state index in [0.717, 1.165) is 21.2 Å². The van der Waals surface area contributed by atoms with Crippen LogP contribution in [0.5, 0.6) is 0 Å². The van der Waals surface area contributed by atoms with E-state index in [1.54, 1.807) is 6.07 Å². The molecule has 2 aromatic carbocycles. The second-order valence-corrected chi connectivity index (χ2v) is 5.53. The van der Waals surface area contributed by atoms with E-state index in [0.29, 0.717) is 5.69 Å². The topological polar surface area (TPSA) is 25.2 Å². The van der Waals surface area contributed by atoms with Crippen LogP contribution in [0.15, 0.2) is 57.4 Å². The Hall–Kier alpha value is -1.81. The molecule has 1 N–H and O–H groups in total. The van der Waals surface area contributed by atoms with Crippen LogP contribution in [0.1, 0.15) is 18.7 Å². The molecule has 0 spiro atoms. The van der Waals surface area contributed by atoms with Gasteiger partial charge < -0.3 is 9.73 Å². The number of furan rings is 1. The smallest absolute Gasteiger partial charge is 0.134 e. The van der Waals surface area contributed by atoms with Crippen LogP contribution in [-0.4, -0.2) is 0 Å². The Balaban J connectivity index is 1.88. The molecule has 0 fully saturated rings. The summed E-state index contributed by atoms with van der Waals surface area (Å²) in [4.78, 5) is 0. The maximum Gasteiger partial charge on any atom is 0.134 e. The van der Waals surface area contributed by atoms with Crippen LogP contribution in [0.4, 0.5) is 10.1 Å². The first-order valence-corrected chi connectivity index (χ1v) is 7.13. The molecule has 1 atom stereocenters. The zero-order valence-corrected chi connectivity index (χ0v) is 12.4. The lowest BCUT2D eigenvalue weighted by Gasteiger charge is -2.14. The molecule has 4 heteroatoms. The van der Waals surface area contributed by atoms with Crippen molar-refractivity contribution < 1.29 is 8.81 Å². The van der Waals surface area contributed by atoms with Gasteiger partial charge in [-0.15, -0.1) is 0 Å². The van der Waals surface area contributed by atoms with E-state index in [-0.39, 0.29) is 11.9 Å². The quantitative estimate of drug-likeness (QED) is 0.683. The van der Waals surface area contributed by atoms with Crippen molar-refractivity contribution in [2.24, 2.45) is 0 Å². The van der Waals surface area contributed by atoms with Gasteiger partial charge in [0, 0.05) is 9.86 Å². The van der Waals surface area contributed by atoms with E-state index in [2.05, 4.69) is 21.2 Å². The molecule has 3 rings (SSSR count). The summed E-state index contributed by atoms with van der Waals surface area (Å²) in [6.45, 7) is 1.98. The normalized spacial score (nSPS) is 12.6. The highest BCUT2D eigenvalue weighted by Gasteiger charge is 2.13. The third-order valence-corrected chi connectivity index (χ3v) is 3.86. The molecule has 1 heterocycles. The van der Waals surface area contributed by atoms with Crippen molar-refractivity contribution in [3.8, 4) is 0 Å². The molecule has 0 aliphatic rings. The Morgan fingerprint density at radius 1 is 1.15 bits per heavy atom. The Kier molecular flexibility index (Phi) is 3.49. The van der Waals surface area contributed by atoms with Crippen LogP contribution in [0.25, 0.3) is 11.0 Å². The van der Waals surface area contributed by atoms with Gasteiger partial charge in [-0.25, -0.2) is 4.39 Å².